The maximum absolute atomic E-state index is 14.0. The molecule has 28 heavy (non-hydrogen) atoms. The molecule has 0 aliphatic carbocycles. The van der Waals surface area contributed by atoms with Crippen molar-refractivity contribution < 1.29 is 9.18 Å². The smallest absolute Gasteiger partial charge is 0.224 e. The second kappa shape index (κ2) is 7.56. The van der Waals surface area contributed by atoms with Gasteiger partial charge in [0.05, 0.1) is 5.69 Å². The summed E-state index contributed by atoms with van der Waals surface area (Å²) in [4.78, 5) is 17.7. The second-order valence-corrected chi connectivity index (χ2v) is 7.69. The Bertz CT molecular complexity index is 1160. The van der Waals surface area contributed by atoms with E-state index in [0.29, 0.717) is 24.1 Å². The van der Waals surface area contributed by atoms with Crippen LogP contribution >= 0.6 is 11.3 Å². The SMILES string of the molecule is Cc1ccc(C)c(NC(=O)CCc2csc3nc(-c4ccccc4F)cn23)c1. The largest absolute Gasteiger partial charge is 0.326 e. The maximum atomic E-state index is 14.0. The molecule has 0 bridgehead atoms. The highest BCUT2D eigenvalue weighted by atomic mass is 32.1. The summed E-state index contributed by atoms with van der Waals surface area (Å²) in [6.45, 7) is 3.98. The number of imidazole rings is 1. The van der Waals surface area contributed by atoms with Crippen molar-refractivity contribution in [3.05, 3.63) is 76.7 Å². The van der Waals surface area contributed by atoms with Gasteiger partial charge in [0.15, 0.2) is 4.96 Å². The molecule has 4 nitrogen and oxygen atoms in total. The van der Waals surface area contributed by atoms with E-state index in [4.69, 9.17) is 0 Å². The second-order valence-electron chi connectivity index (χ2n) is 6.85. The Morgan fingerprint density at radius 1 is 1.21 bits per heavy atom. The number of rotatable bonds is 5. The van der Waals surface area contributed by atoms with E-state index in [-0.39, 0.29) is 11.7 Å². The summed E-state index contributed by atoms with van der Waals surface area (Å²) in [6, 6.07) is 12.6. The number of carbonyl (C=O) groups excluding carboxylic acids is 1. The predicted octanol–water partition coefficient (Wildman–Crippen LogP) is 5.39. The molecule has 6 heteroatoms. The monoisotopic (exact) mass is 393 g/mol. The lowest BCUT2D eigenvalue weighted by Gasteiger charge is -2.09. The topological polar surface area (TPSA) is 46.4 Å². The molecule has 0 aliphatic heterocycles. The Hall–Kier alpha value is -2.99. The Kier molecular flexibility index (Phi) is 4.96. The summed E-state index contributed by atoms with van der Waals surface area (Å²) < 4.78 is 16.0. The Morgan fingerprint density at radius 2 is 2.04 bits per heavy atom. The summed E-state index contributed by atoms with van der Waals surface area (Å²) in [5.74, 6) is -0.315. The summed E-state index contributed by atoms with van der Waals surface area (Å²) in [5, 5.41) is 4.99. The zero-order valence-corrected chi connectivity index (χ0v) is 16.5. The fourth-order valence-electron chi connectivity index (χ4n) is 3.13. The van der Waals surface area contributed by atoms with Crippen molar-refractivity contribution in [1.82, 2.24) is 9.38 Å². The van der Waals surface area contributed by atoms with Crippen LogP contribution in [0.2, 0.25) is 0 Å². The molecular formula is C22H20FN3OS. The molecule has 4 aromatic rings. The molecule has 0 aliphatic rings. The normalized spacial score (nSPS) is 11.1. The summed E-state index contributed by atoms with van der Waals surface area (Å²) in [6.07, 6.45) is 2.79. The number of anilines is 1. The van der Waals surface area contributed by atoms with Crippen LogP contribution in [0.3, 0.4) is 0 Å². The first-order chi connectivity index (χ1) is 13.5. The van der Waals surface area contributed by atoms with Crippen molar-refractivity contribution in [3.8, 4) is 11.3 Å². The van der Waals surface area contributed by atoms with Crippen LogP contribution in [0.5, 0.6) is 0 Å². The molecule has 1 amide bonds. The van der Waals surface area contributed by atoms with Crippen molar-refractivity contribution in [2.24, 2.45) is 0 Å². The van der Waals surface area contributed by atoms with E-state index in [2.05, 4.69) is 10.3 Å². The fourth-order valence-corrected chi connectivity index (χ4v) is 4.04. The number of fused-ring (bicyclic) bond motifs is 1. The number of aromatic nitrogens is 2. The van der Waals surface area contributed by atoms with Crippen LogP contribution in [0, 0.1) is 19.7 Å². The van der Waals surface area contributed by atoms with Crippen molar-refractivity contribution in [1.29, 1.82) is 0 Å². The van der Waals surface area contributed by atoms with Crippen LogP contribution in [0.4, 0.5) is 10.1 Å². The summed E-state index contributed by atoms with van der Waals surface area (Å²) >= 11 is 1.49. The third-order valence-electron chi connectivity index (χ3n) is 4.71. The number of halogens is 1. The number of hydrogen-bond acceptors (Lipinski definition) is 3. The maximum Gasteiger partial charge on any atom is 0.224 e. The van der Waals surface area contributed by atoms with Crippen LogP contribution in [-0.2, 0) is 11.2 Å². The molecule has 0 saturated heterocycles. The first kappa shape index (κ1) is 18.4. The zero-order chi connectivity index (χ0) is 19.7. The van der Waals surface area contributed by atoms with E-state index >= 15 is 0 Å². The van der Waals surface area contributed by atoms with Crippen molar-refractivity contribution in [3.63, 3.8) is 0 Å². The molecule has 2 aromatic carbocycles. The quantitative estimate of drug-likeness (QED) is 0.494. The average molecular weight is 393 g/mol. The number of hydrogen-bond donors (Lipinski definition) is 1. The minimum atomic E-state index is -0.289. The van der Waals surface area contributed by atoms with Gasteiger partial charge in [-0.3, -0.25) is 9.20 Å². The van der Waals surface area contributed by atoms with Gasteiger partial charge in [0, 0.05) is 34.9 Å². The van der Waals surface area contributed by atoms with Crippen LogP contribution < -0.4 is 5.32 Å². The van der Waals surface area contributed by atoms with Gasteiger partial charge in [0.25, 0.3) is 0 Å². The lowest BCUT2D eigenvalue weighted by Crippen LogP contribution is -2.13. The molecule has 142 valence electrons. The van der Waals surface area contributed by atoms with Crippen LogP contribution in [0.25, 0.3) is 16.2 Å². The van der Waals surface area contributed by atoms with Gasteiger partial charge in [-0.25, -0.2) is 9.37 Å². The first-order valence-corrected chi connectivity index (χ1v) is 9.97. The van der Waals surface area contributed by atoms with E-state index in [1.54, 1.807) is 18.2 Å². The van der Waals surface area contributed by atoms with Crippen molar-refractivity contribution in [2.45, 2.75) is 26.7 Å². The van der Waals surface area contributed by atoms with Crippen LogP contribution in [0.15, 0.2) is 54.0 Å². The number of benzene rings is 2. The third-order valence-corrected chi connectivity index (χ3v) is 5.60. The Balaban J connectivity index is 1.48. The van der Waals surface area contributed by atoms with E-state index < -0.39 is 0 Å². The van der Waals surface area contributed by atoms with Gasteiger partial charge in [0.2, 0.25) is 5.91 Å². The lowest BCUT2D eigenvalue weighted by atomic mass is 10.1. The van der Waals surface area contributed by atoms with Crippen molar-refractivity contribution in [2.75, 3.05) is 5.32 Å². The van der Waals surface area contributed by atoms with E-state index in [0.717, 1.165) is 27.5 Å². The Labute approximate surface area is 166 Å². The standard InChI is InChI=1S/C22H20FN3OS/c1-14-7-8-15(2)19(11-14)24-21(27)10-9-16-13-28-22-25-20(12-26(16)22)17-5-3-4-6-18(17)23/h3-8,11-13H,9-10H2,1-2H3,(H,24,27). The van der Waals surface area contributed by atoms with Gasteiger partial charge in [-0.05, 0) is 49.6 Å². The number of nitrogens with one attached hydrogen (secondary N) is 1. The van der Waals surface area contributed by atoms with Gasteiger partial charge in [0.1, 0.15) is 5.82 Å². The van der Waals surface area contributed by atoms with Gasteiger partial charge in [-0.1, -0.05) is 24.3 Å². The number of aryl methyl sites for hydroxylation is 3. The molecule has 0 fully saturated rings. The number of nitrogens with zero attached hydrogens (tertiary/aromatic N) is 2. The molecule has 0 spiro atoms. The molecular weight excluding hydrogens is 373 g/mol. The molecule has 0 atom stereocenters. The first-order valence-electron chi connectivity index (χ1n) is 9.09. The molecule has 2 aromatic heterocycles. The third kappa shape index (κ3) is 3.68. The highest BCUT2D eigenvalue weighted by Gasteiger charge is 2.13. The van der Waals surface area contributed by atoms with Gasteiger partial charge in [-0.15, -0.1) is 11.3 Å². The number of thiazole rings is 1. The average Bonchev–Trinajstić information content (AvgIpc) is 3.24. The number of carbonyl (C=O) groups is 1. The lowest BCUT2D eigenvalue weighted by molar-refractivity contribution is -0.116. The fraction of sp³-hybridized carbons (Fsp3) is 0.182. The van der Waals surface area contributed by atoms with Crippen molar-refractivity contribution >= 4 is 27.9 Å². The van der Waals surface area contributed by atoms with Crippen LogP contribution in [-0.4, -0.2) is 15.3 Å². The van der Waals surface area contributed by atoms with E-state index in [1.165, 1.54) is 17.4 Å². The zero-order valence-electron chi connectivity index (χ0n) is 15.7. The molecule has 0 radical (unpaired) electrons. The molecule has 2 heterocycles. The number of amides is 1. The minimum absolute atomic E-state index is 0.0255. The summed E-state index contributed by atoms with van der Waals surface area (Å²) in [7, 11) is 0. The van der Waals surface area contributed by atoms with Gasteiger partial charge >= 0.3 is 0 Å². The predicted molar refractivity (Wildman–Crippen MR) is 111 cm³/mol. The van der Waals surface area contributed by atoms with E-state index in [1.807, 2.05) is 48.0 Å². The minimum Gasteiger partial charge on any atom is -0.326 e. The molecule has 4 rings (SSSR count). The highest BCUT2D eigenvalue weighted by molar-refractivity contribution is 7.15. The Morgan fingerprint density at radius 3 is 2.86 bits per heavy atom. The molecule has 0 saturated carbocycles. The highest BCUT2D eigenvalue weighted by Crippen LogP contribution is 2.26. The summed E-state index contributed by atoms with van der Waals surface area (Å²) in [5.41, 5.74) is 5.08. The van der Waals surface area contributed by atoms with Gasteiger partial charge < -0.3 is 5.32 Å². The molecule has 0 unspecified atom stereocenters. The van der Waals surface area contributed by atoms with Crippen LogP contribution in [0.1, 0.15) is 23.2 Å². The van der Waals surface area contributed by atoms with E-state index in [9.17, 15) is 9.18 Å². The van der Waals surface area contributed by atoms with Gasteiger partial charge in [-0.2, -0.15) is 0 Å². The molecule has 1 N–H and O–H groups in total.